The van der Waals surface area contributed by atoms with Gasteiger partial charge < -0.3 is 5.32 Å². The van der Waals surface area contributed by atoms with Gasteiger partial charge in [0, 0.05) is 10.5 Å². The molecular formula is C15H12BrF2NO. The Hall–Kier alpha value is -1.75. The van der Waals surface area contributed by atoms with Gasteiger partial charge in [0.2, 0.25) is 0 Å². The summed E-state index contributed by atoms with van der Waals surface area (Å²) in [4.78, 5) is 12.0. The molecule has 104 valence electrons. The van der Waals surface area contributed by atoms with E-state index in [-0.39, 0.29) is 11.6 Å². The summed E-state index contributed by atoms with van der Waals surface area (Å²) in [5.74, 6) is -2.16. The van der Waals surface area contributed by atoms with Crippen LogP contribution in [0.15, 0.2) is 46.9 Å². The van der Waals surface area contributed by atoms with E-state index >= 15 is 0 Å². The van der Waals surface area contributed by atoms with Crippen LogP contribution in [0.4, 0.5) is 8.78 Å². The van der Waals surface area contributed by atoms with Crippen molar-refractivity contribution in [2.24, 2.45) is 0 Å². The van der Waals surface area contributed by atoms with Crippen molar-refractivity contribution in [3.63, 3.8) is 0 Å². The van der Waals surface area contributed by atoms with Gasteiger partial charge in [0.15, 0.2) is 0 Å². The molecule has 0 fully saturated rings. The number of hydrogen-bond donors (Lipinski definition) is 1. The fraction of sp³-hybridized carbons (Fsp3) is 0.133. The van der Waals surface area contributed by atoms with Gasteiger partial charge in [-0.2, -0.15) is 0 Å². The van der Waals surface area contributed by atoms with Gasteiger partial charge in [-0.3, -0.25) is 4.79 Å². The van der Waals surface area contributed by atoms with Gasteiger partial charge in [0.05, 0.1) is 11.6 Å². The van der Waals surface area contributed by atoms with Gasteiger partial charge in [-0.05, 0) is 30.7 Å². The van der Waals surface area contributed by atoms with Crippen LogP contribution < -0.4 is 5.32 Å². The Morgan fingerprint density at radius 3 is 2.55 bits per heavy atom. The molecule has 0 spiro atoms. The summed E-state index contributed by atoms with van der Waals surface area (Å²) in [7, 11) is 0. The van der Waals surface area contributed by atoms with E-state index in [0.717, 1.165) is 22.2 Å². The molecule has 1 N–H and O–H groups in total. The number of nitrogens with one attached hydrogen (secondary N) is 1. The smallest absolute Gasteiger partial charge is 0.254 e. The molecule has 2 aromatic carbocycles. The lowest BCUT2D eigenvalue weighted by Gasteiger charge is -2.16. The van der Waals surface area contributed by atoms with Crippen LogP contribution in [-0.2, 0) is 0 Å². The lowest BCUT2D eigenvalue weighted by atomic mass is 10.1. The highest BCUT2D eigenvalue weighted by Crippen LogP contribution is 2.23. The van der Waals surface area contributed by atoms with Crippen LogP contribution in [0.1, 0.15) is 28.9 Å². The molecule has 0 bridgehead atoms. The highest BCUT2D eigenvalue weighted by Gasteiger charge is 2.16. The number of amides is 1. The van der Waals surface area contributed by atoms with E-state index in [1.54, 1.807) is 6.92 Å². The minimum Gasteiger partial charge on any atom is -0.345 e. The Labute approximate surface area is 123 Å². The minimum atomic E-state index is -0.873. The van der Waals surface area contributed by atoms with Crippen LogP contribution in [0, 0.1) is 11.6 Å². The average molecular weight is 340 g/mol. The molecule has 0 heterocycles. The van der Waals surface area contributed by atoms with E-state index in [1.807, 2.05) is 24.3 Å². The maximum atomic E-state index is 13.5. The summed E-state index contributed by atoms with van der Waals surface area (Å²) in [5.41, 5.74) is 0.702. The van der Waals surface area contributed by atoms with E-state index in [2.05, 4.69) is 21.2 Å². The predicted octanol–water partition coefficient (Wildman–Crippen LogP) is 4.22. The molecular weight excluding hydrogens is 328 g/mol. The van der Waals surface area contributed by atoms with Gasteiger partial charge in [-0.1, -0.05) is 34.1 Å². The van der Waals surface area contributed by atoms with Gasteiger partial charge in [0.25, 0.3) is 5.91 Å². The molecule has 0 unspecified atom stereocenters. The summed E-state index contributed by atoms with van der Waals surface area (Å²) >= 11 is 3.39. The quantitative estimate of drug-likeness (QED) is 0.891. The van der Waals surface area contributed by atoms with Crippen molar-refractivity contribution in [2.75, 3.05) is 0 Å². The summed E-state index contributed by atoms with van der Waals surface area (Å²) < 4.78 is 27.2. The van der Waals surface area contributed by atoms with Crippen molar-refractivity contribution in [1.82, 2.24) is 5.32 Å². The first-order chi connectivity index (χ1) is 9.49. The third-order valence-corrected chi connectivity index (χ3v) is 3.62. The Bertz CT molecular complexity index is 646. The molecule has 1 atom stereocenters. The monoisotopic (exact) mass is 339 g/mol. The molecule has 0 aliphatic carbocycles. The predicted molar refractivity (Wildman–Crippen MR) is 76.4 cm³/mol. The maximum absolute atomic E-state index is 13.5. The van der Waals surface area contributed by atoms with Gasteiger partial charge >= 0.3 is 0 Å². The molecule has 0 radical (unpaired) electrons. The van der Waals surface area contributed by atoms with Crippen LogP contribution in [0.3, 0.4) is 0 Å². The zero-order valence-electron chi connectivity index (χ0n) is 10.7. The molecule has 0 aliphatic rings. The number of benzene rings is 2. The lowest BCUT2D eigenvalue weighted by Crippen LogP contribution is -2.27. The van der Waals surface area contributed by atoms with Gasteiger partial charge in [0.1, 0.15) is 11.6 Å². The van der Waals surface area contributed by atoms with Crippen molar-refractivity contribution < 1.29 is 13.6 Å². The largest absolute Gasteiger partial charge is 0.345 e. The summed E-state index contributed by atoms with van der Waals surface area (Å²) in [6.45, 7) is 1.79. The second-order valence-electron chi connectivity index (χ2n) is 4.34. The molecule has 2 aromatic rings. The van der Waals surface area contributed by atoms with E-state index in [1.165, 1.54) is 0 Å². The van der Waals surface area contributed by atoms with E-state index in [9.17, 15) is 13.6 Å². The van der Waals surface area contributed by atoms with Gasteiger partial charge in [-0.25, -0.2) is 8.78 Å². The highest BCUT2D eigenvalue weighted by molar-refractivity contribution is 9.10. The SMILES string of the molecule is C[C@@H](NC(=O)c1ccc(F)cc1F)c1ccccc1Br. The number of carbonyl (C=O) groups excluding carboxylic acids is 1. The molecule has 0 aliphatic heterocycles. The molecule has 0 aromatic heterocycles. The standard InChI is InChI=1S/C15H12BrF2NO/c1-9(11-4-2-3-5-13(11)16)19-15(20)12-7-6-10(17)8-14(12)18/h2-9H,1H3,(H,19,20)/t9-/m1/s1. The molecule has 0 saturated heterocycles. The first kappa shape index (κ1) is 14.7. The van der Waals surface area contributed by atoms with Crippen molar-refractivity contribution in [3.8, 4) is 0 Å². The van der Waals surface area contributed by atoms with Crippen molar-refractivity contribution in [1.29, 1.82) is 0 Å². The first-order valence-electron chi connectivity index (χ1n) is 5.99. The van der Waals surface area contributed by atoms with Crippen molar-refractivity contribution >= 4 is 21.8 Å². The van der Waals surface area contributed by atoms with Crippen LogP contribution in [0.25, 0.3) is 0 Å². The van der Waals surface area contributed by atoms with Crippen LogP contribution >= 0.6 is 15.9 Å². The fourth-order valence-corrected chi connectivity index (χ4v) is 2.48. The molecule has 0 saturated carbocycles. The van der Waals surface area contributed by atoms with Crippen LogP contribution in [-0.4, -0.2) is 5.91 Å². The molecule has 1 amide bonds. The maximum Gasteiger partial charge on any atom is 0.254 e. The van der Waals surface area contributed by atoms with E-state index < -0.39 is 17.5 Å². The zero-order chi connectivity index (χ0) is 14.7. The fourth-order valence-electron chi connectivity index (χ4n) is 1.85. The molecule has 2 rings (SSSR count). The van der Waals surface area contributed by atoms with Crippen molar-refractivity contribution in [3.05, 3.63) is 69.7 Å². The minimum absolute atomic E-state index is 0.176. The number of hydrogen-bond acceptors (Lipinski definition) is 1. The number of carbonyl (C=O) groups is 1. The second kappa shape index (κ2) is 6.13. The average Bonchev–Trinajstić information content (AvgIpc) is 2.38. The van der Waals surface area contributed by atoms with Crippen LogP contribution in [0.2, 0.25) is 0 Å². The topological polar surface area (TPSA) is 29.1 Å². The molecule has 5 heteroatoms. The van der Waals surface area contributed by atoms with Crippen LogP contribution in [0.5, 0.6) is 0 Å². The van der Waals surface area contributed by atoms with E-state index in [4.69, 9.17) is 0 Å². The lowest BCUT2D eigenvalue weighted by molar-refractivity contribution is 0.0935. The van der Waals surface area contributed by atoms with Crippen molar-refractivity contribution in [2.45, 2.75) is 13.0 Å². The third-order valence-electron chi connectivity index (χ3n) is 2.90. The summed E-state index contributed by atoms with van der Waals surface area (Å²) in [5, 5.41) is 2.68. The number of rotatable bonds is 3. The Morgan fingerprint density at radius 2 is 1.90 bits per heavy atom. The highest BCUT2D eigenvalue weighted by atomic mass is 79.9. The Balaban J connectivity index is 2.17. The Morgan fingerprint density at radius 1 is 1.20 bits per heavy atom. The summed E-state index contributed by atoms with van der Waals surface area (Å²) in [6.07, 6.45) is 0. The second-order valence-corrected chi connectivity index (χ2v) is 5.20. The first-order valence-corrected chi connectivity index (χ1v) is 6.78. The summed E-state index contributed by atoms with van der Waals surface area (Å²) in [6, 6.07) is 10.0. The normalized spacial score (nSPS) is 12.0. The third kappa shape index (κ3) is 3.22. The zero-order valence-corrected chi connectivity index (χ0v) is 12.2. The molecule has 2 nitrogen and oxygen atoms in total. The van der Waals surface area contributed by atoms with Gasteiger partial charge in [-0.15, -0.1) is 0 Å². The number of halogens is 3. The van der Waals surface area contributed by atoms with E-state index in [0.29, 0.717) is 6.07 Å². The molecule has 20 heavy (non-hydrogen) atoms. The Kier molecular flexibility index (Phi) is 4.49.